The summed E-state index contributed by atoms with van der Waals surface area (Å²) in [5.74, 6) is 0. The number of aromatic nitrogens is 2. The van der Waals surface area contributed by atoms with E-state index in [4.69, 9.17) is 0 Å². The number of non-ortho nitro benzene ring substituents is 1. The molecule has 23 heavy (non-hydrogen) atoms. The van der Waals surface area contributed by atoms with Crippen LogP contribution in [-0.2, 0) is 6.54 Å². The van der Waals surface area contributed by atoms with Gasteiger partial charge in [0.2, 0.25) is 0 Å². The largest absolute Gasteiger partial charge is 0.333 e. The molecule has 0 aliphatic rings. The fraction of sp³-hybridized carbons (Fsp3) is 0.0588. The van der Waals surface area contributed by atoms with Crippen LogP contribution in [0.3, 0.4) is 0 Å². The molecule has 0 radical (unpaired) electrons. The second-order valence-electron chi connectivity index (χ2n) is 5.02. The Kier molecular flexibility index (Phi) is 4.24. The van der Waals surface area contributed by atoms with E-state index in [2.05, 4.69) is 9.98 Å². The summed E-state index contributed by atoms with van der Waals surface area (Å²) in [7, 11) is 0. The molecule has 0 fully saturated rings. The number of nitrogens with zero attached hydrogens (tertiary/aromatic N) is 4. The van der Waals surface area contributed by atoms with Crippen molar-refractivity contribution in [1.29, 1.82) is 0 Å². The van der Waals surface area contributed by atoms with Gasteiger partial charge in [-0.15, -0.1) is 0 Å². The molecule has 0 N–H and O–H groups in total. The minimum absolute atomic E-state index is 0.0582. The Morgan fingerprint density at radius 1 is 1.22 bits per heavy atom. The average Bonchev–Trinajstić information content (AvgIpc) is 3.06. The van der Waals surface area contributed by atoms with Gasteiger partial charge in [-0.2, -0.15) is 0 Å². The zero-order valence-electron chi connectivity index (χ0n) is 12.2. The van der Waals surface area contributed by atoms with Crippen molar-refractivity contribution in [1.82, 2.24) is 9.55 Å². The molecule has 2 aromatic carbocycles. The molecule has 114 valence electrons. The van der Waals surface area contributed by atoms with Crippen molar-refractivity contribution >= 4 is 17.6 Å². The van der Waals surface area contributed by atoms with Crippen molar-refractivity contribution in [3.8, 4) is 0 Å². The van der Waals surface area contributed by atoms with Gasteiger partial charge in [-0.3, -0.25) is 15.1 Å². The molecule has 1 heterocycles. The summed E-state index contributed by atoms with van der Waals surface area (Å²) in [6, 6.07) is 14.2. The van der Waals surface area contributed by atoms with E-state index in [0.717, 1.165) is 17.8 Å². The van der Waals surface area contributed by atoms with E-state index < -0.39 is 4.92 Å². The van der Waals surface area contributed by atoms with Crippen LogP contribution in [0.5, 0.6) is 0 Å². The molecule has 0 spiro atoms. The Hall–Kier alpha value is -3.28. The lowest BCUT2D eigenvalue weighted by atomic mass is 10.2. The summed E-state index contributed by atoms with van der Waals surface area (Å²) < 4.78 is 1.98. The van der Waals surface area contributed by atoms with E-state index in [-0.39, 0.29) is 5.69 Å². The third-order valence-electron chi connectivity index (χ3n) is 3.28. The normalized spacial score (nSPS) is 11.0. The predicted octanol–water partition coefficient (Wildman–Crippen LogP) is 3.59. The van der Waals surface area contributed by atoms with Gasteiger partial charge in [0.1, 0.15) is 0 Å². The molecule has 0 atom stereocenters. The number of benzene rings is 2. The van der Waals surface area contributed by atoms with Gasteiger partial charge in [0, 0.05) is 37.3 Å². The zero-order valence-corrected chi connectivity index (χ0v) is 12.2. The lowest BCUT2D eigenvalue weighted by Gasteiger charge is -2.03. The molecule has 3 rings (SSSR count). The molecule has 6 nitrogen and oxygen atoms in total. The van der Waals surface area contributed by atoms with E-state index in [1.165, 1.54) is 12.1 Å². The number of aliphatic imine (C=N–C) groups is 1. The Morgan fingerprint density at radius 2 is 2.09 bits per heavy atom. The van der Waals surface area contributed by atoms with Gasteiger partial charge in [0.15, 0.2) is 0 Å². The summed E-state index contributed by atoms with van der Waals surface area (Å²) in [5, 5.41) is 10.8. The zero-order chi connectivity index (χ0) is 16.1. The maximum absolute atomic E-state index is 10.8. The second kappa shape index (κ2) is 6.65. The fourth-order valence-corrected chi connectivity index (χ4v) is 2.19. The number of hydrogen-bond acceptors (Lipinski definition) is 4. The highest BCUT2D eigenvalue weighted by molar-refractivity contribution is 5.82. The van der Waals surface area contributed by atoms with Crippen LogP contribution >= 0.6 is 0 Å². The van der Waals surface area contributed by atoms with Crippen LogP contribution in [0.2, 0.25) is 0 Å². The van der Waals surface area contributed by atoms with E-state index in [1.807, 2.05) is 35.0 Å². The minimum Gasteiger partial charge on any atom is -0.333 e. The molecule has 0 amide bonds. The molecule has 0 unspecified atom stereocenters. The van der Waals surface area contributed by atoms with Crippen LogP contribution in [0.15, 0.2) is 72.2 Å². The van der Waals surface area contributed by atoms with E-state index in [9.17, 15) is 10.1 Å². The highest BCUT2D eigenvalue weighted by atomic mass is 16.6. The van der Waals surface area contributed by atoms with E-state index in [1.54, 1.807) is 30.9 Å². The van der Waals surface area contributed by atoms with Crippen molar-refractivity contribution in [2.45, 2.75) is 6.54 Å². The highest BCUT2D eigenvalue weighted by Crippen LogP contribution is 2.16. The van der Waals surface area contributed by atoms with E-state index in [0.29, 0.717) is 5.56 Å². The van der Waals surface area contributed by atoms with Crippen LogP contribution in [0.1, 0.15) is 11.1 Å². The molecule has 0 aliphatic heterocycles. The first-order valence-electron chi connectivity index (χ1n) is 7.04. The third-order valence-corrected chi connectivity index (χ3v) is 3.28. The lowest BCUT2D eigenvalue weighted by Crippen LogP contribution is -1.95. The monoisotopic (exact) mass is 306 g/mol. The Morgan fingerprint density at radius 3 is 2.87 bits per heavy atom. The van der Waals surface area contributed by atoms with Gasteiger partial charge in [0.05, 0.1) is 16.9 Å². The molecule has 0 aliphatic carbocycles. The molecular formula is C17H14N4O2. The minimum atomic E-state index is -0.414. The molecule has 0 bridgehead atoms. The summed E-state index contributed by atoms with van der Waals surface area (Å²) in [6.07, 6.45) is 7.03. The maximum atomic E-state index is 10.8. The smallest absolute Gasteiger partial charge is 0.270 e. The first-order valence-corrected chi connectivity index (χ1v) is 7.04. The third kappa shape index (κ3) is 3.88. The summed E-state index contributed by atoms with van der Waals surface area (Å²) >= 11 is 0. The van der Waals surface area contributed by atoms with Crippen LogP contribution in [0.4, 0.5) is 11.4 Å². The lowest BCUT2D eigenvalue weighted by molar-refractivity contribution is -0.384. The maximum Gasteiger partial charge on any atom is 0.270 e. The standard InChI is InChI=1S/C17H14N4O2/c22-21(23)17-6-2-3-14(10-17)11-19-16-5-1-4-15(9-16)12-20-8-7-18-13-20/h1-11,13H,12H2. The molecule has 3 aromatic rings. The Balaban J connectivity index is 1.77. The van der Waals surface area contributed by atoms with Crippen LogP contribution in [0.25, 0.3) is 0 Å². The molecule has 1 aromatic heterocycles. The first-order chi connectivity index (χ1) is 11.2. The highest BCUT2D eigenvalue weighted by Gasteiger charge is 2.04. The van der Waals surface area contributed by atoms with Gasteiger partial charge in [-0.25, -0.2) is 4.98 Å². The Labute approximate surface area is 132 Å². The number of imidazole rings is 1. The molecule has 6 heteroatoms. The number of rotatable bonds is 5. The number of nitro groups is 1. The van der Waals surface area contributed by atoms with Crippen LogP contribution < -0.4 is 0 Å². The van der Waals surface area contributed by atoms with Crippen molar-refractivity contribution in [2.75, 3.05) is 0 Å². The van der Waals surface area contributed by atoms with Crippen molar-refractivity contribution in [3.05, 3.63) is 88.5 Å². The fourth-order valence-electron chi connectivity index (χ4n) is 2.19. The van der Waals surface area contributed by atoms with E-state index >= 15 is 0 Å². The average molecular weight is 306 g/mol. The van der Waals surface area contributed by atoms with Crippen molar-refractivity contribution in [3.63, 3.8) is 0 Å². The van der Waals surface area contributed by atoms with Crippen molar-refractivity contribution < 1.29 is 4.92 Å². The van der Waals surface area contributed by atoms with Gasteiger partial charge in [0.25, 0.3) is 5.69 Å². The second-order valence-corrected chi connectivity index (χ2v) is 5.02. The summed E-state index contributed by atoms with van der Waals surface area (Å²) in [4.78, 5) is 18.8. The molecule has 0 saturated carbocycles. The summed E-state index contributed by atoms with van der Waals surface area (Å²) in [5.41, 5.74) is 2.66. The van der Waals surface area contributed by atoms with Gasteiger partial charge in [-0.1, -0.05) is 24.3 Å². The first kappa shape index (κ1) is 14.6. The van der Waals surface area contributed by atoms with Gasteiger partial charge >= 0.3 is 0 Å². The quantitative estimate of drug-likeness (QED) is 0.411. The van der Waals surface area contributed by atoms with Crippen LogP contribution in [-0.4, -0.2) is 20.7 Å². The van der Waals surface area contributed by atoms with Crippen LogP contribution in [0, 0.1) is 10.1 Å². The molecular weight excluding hydrogens is 292 g/mol. The van der Waals surface area contributed by atoms with Crippen molar-refractivity contribution in [2.24, 2.45) is 4.99 Å². The predicted molar refractivity (Wildman–Crippen MR) is 88.1 cm³/mol. The topological polar surface area (TPSA) is 73.3 Å². The number of nitro benzene ring substituents is 1. The number of hydrogen-bond donors (Lipinski definition) is 0. The summed E-state index contributed by atoms with van der Waals surface area (Å²) in [6.45, 7) is 0.722. The SMILES string of the molecule is O=[N+]([O-])c1cccc(C=Nc2cccc(Cn3ccnc3)c2)c1. The van der Waals surface area contributed by atoms with Gasteiger partial charge in [-0.05, 0) is 23.3 Å². The Bertz CT molecular complexity index is 841. The van der Waals surface area contributed by atoms with Gasteiger partial charge < -0.3 is 4.57 Å². The molecule has 0 saturated heterocycles.